The van der Waals surface area contributed by atoms with E-state index in [1.807, 2.05) is 32.4 Å². The van der Waals surface area contributed by atoms with Crippen molar-refractivity contribution in [2.45, 2.75) is 51.5 Å². The molecule has 0 aromatic carbocycles. The van der Waals surface area contributed by atoms with Crippen molar-refractivity contribution in [1.82, 2.24) is 29.2 Å². The molecule has 9 nitrogen and oxygen atoms in total. The highest BCUT2D eigenvalue weighted by Gasteiger charge is 2.34. The van der Waals surface area contributed by atoms with Crippen molar-refractivity contribution in [3.63, 3.8) is 0 Å². The molecule has 0 unspecified atom stereocenters. The molecule has 0 bridgehead atoms. The zero-order valence-corrected chi connectivity index (χ0v) is 18.5. The lowest BCUT2D eigenvalue weighted by Crippen LogP contribution is -2.46. The Labute approximate surface area is 172 Å². The molecule has 0 aliphatic carbocycles. The number of piperidine rings is 1. The Hall–Kier alpha value is -2.20. The van der Waals surface area contributed by atoms with Crippen LogP contribution < -0.4 is 5.32 Å². The van der Waals surface area contributed by atoms with E-state index in [1.165, 1.54) is 21.4 Å². The second-order valence-electron chi connectivity index (χ2n) is 7.89. The molecule has 1 aliphatic heterocycles. The molecule has 0 spiro atoms. The summed E-state index contributed by atoms with van der Waals surface area (Å²) in [6, 6.07) is 0.0187. The van der Waals surface area contributed by atoms with E-state index in [0.717, 1.165) is 17.0 Å². The van der Waals surface area contributed by atoms with Gasteiger partial charge in [0.1, 0.15) is 4.90 Å². The monoisotopic (exact) mass is 422 g/mol. The summed E-state index contributed by atoms with van der Waals surface area (Å²) in [6.45, 7) is 9.11. The van der Waals surface area contributed by atoms with Crippen LogP contribution in [-0.4, -0.2) is 57.8 Å². The first kappa shape index (κ1) is 21.5. The third-order valence-electron chi connectivity index (χ3n) is 5.75. The van der Waals surface area contributed by atoms with Gasteiger partial charge in [-0.25, -0.2) is 8.42 Å². The number of carbonyl (C=O) groups excluding carboxylic acids is 1. The first-order valence-electron chi connectivity index (χ1n) is 9.90. The van der Waals surface area contributed by atoms with Crippen LogP contribution >= 0.6 is 0 Å². The molecule has 2 atom stereocenters. The molecule has 1 amide bonds. The number of nitrogens with zero attached hydrogens (tertiary/aromatic N) is 5. The van der Waals surface area contributed by atoms with Crippen LogP contribution in [-0.2, 0) is 21.9 Å². The summed E-state index contributed by atoms with van der Waals surface area (Å²) in [5.41, 5.74) is 3.24. The zero-order chi connectivity index (χ0) is 21.3. The first-order valence-corrected chi connectivity index (χ1v) is 11.3. The summed E-state index contributed by atoms with van der Waals surface area (Å²) in [5, 5.41) is 11.5. The van der Waals surface area contributed by atoms with Gasteiger partial charge in [-0.05, 0) is 46.1 Å². The number of carbonyl (C=O) groups is 1. The zero-order valence-electron chi connectivity index (χ0n) is 17.7. The fraction of sp³-hybridized carbons (Fsp3) is 0.632. The van der Waals surface area contributed by atoms with Crippen molar-refractivity contribution in [3.8, 4) is 0 Å². The number of rotatable bonds is 6. The van der Waals surface area contributed by atoms with Crippen molar-refractivity contribution in [2.75, 3.05) is 19.6 Å². The van der Waals surface area contributed by atoms with Crippen molar-refractivity contribution in [3.05, 3.63) is 29.3 Å². The molecule has 2 aromatic rings. The molecule has 1 aliphatic rings. The number of hydrogen-bond donors (Lipinski definition) is 1. The summed E-state index contributed by atoms with van der Waals surface area (Å²) >= 11 is 0. The quantitative estimate of drug-likeness (QED) is 0.756. The summed E-state index contributed by atoms with van der Waals surface area (Å²) in [5.74, 6) is -0.467. The summed E-state index contributed by atoms with van der Waals surface area (Å²) < 4.78 is 30.4. The van der Waals surface area contributed by atoms with Gasteiger partial charge in [0.05, 0.1) is 23.9 Å². The standard InChI is InChI=1S/C19H30N6O3S/c1-13(25-16(4)14(2)15(3)22-25)9-20-19(26)17-7-6-8-24(11-17)29(27,28)18-10-21-23(5)12-18/h10,12-13,17H,6-9,11H2,1-5H3,(H,20,26)/t13-,17+/m1/s1. The molecular weight excluding hydrogens is 392 g/mol. The van der Waals surface area contributed by atoms with Crippen LogP contribution in [0.3, 0.4) is 0 Å². The van der Waals surface area contributed by atoms with Gasteiger partial charge in [0.25, 0.3) is 0 Å². The SMILES string of the molecule is Cc1nn([C@H](C)CNC(=O)[C@H]2CCCN(S(=O)(=O)c3cnn(C)c3)C2)c(C)c1C. The van der Waals surface area contributed by atoms with Crippen LogP contribution in [0.25, 0.3) is 0 Å². The number of nitrogens with one attached hydrogen (secondary N) is 1. The number of aryl methyl sites for hydroxylation is 2. The lowest BCUT2D eigenvalue weighted by molar-refractivity contribution is -0.126. The molecule has 3 rings (SSSR count). The van der Waals surface area contributed by atoms with Crippen LogP contribution in [0.1, 0.15) is 42.8 Å². The van der Waals surface area contributed by atoms with Crippen LogP contribution in [0.5, 0.6) is 0 Å². The van der Waals surface area contributed by atoms with Gasteiger partial charge < -0.3 is 5.32 Å². The van der Waals surface area contributed by atoms with Gasteiger partial charge in [-0.2, -0.15) is 14.5 Å². The average Bonchev–Trinajstić information content (AvgIpc) is 3.25. The molecule has 1 fully saturated rings. The maximum atomic E-state index is 12.8. The molecule has 1 N–H and O–H groups in total. The predicted octanol–water partition coefficient (Wildman–Crippen LogP) is 1.32. The van der Waals surface area contributed by atoms with E-state index in [2.05, 4.69) is 15.5 Å². The highest BCUT2D eigenvalue weighted by Crippen LogP contribution is 2.24. The third-order valence-corrected chi connectivity index (χ3v) is 7.57. The van der Waals surface area contributed by atoms with Crippen LogP contribution in [0.2, 0.25) is 0 Å². The van der Waals surface area contributed by atoms with Crippen molar-refractivity contribution < 1.29 is 13.2 Å². The summed E-state index contributed by atoms with van der Waals surface area (Å²) in [4.78, 5) is 12.9. The smallest absolute Gasteiger partial charge is 0.246 e. The molecular formula is C19H30N6O3S. The van der Waals surface area contributed by atoms with Gasteiger partial charge in [0, 0.05) is 38.6 Å². The summed E-state index contributed by atoms with van der Waals surface area (Å²) in [6.07, 6.45) is 4.16. The van der Waals surface area contributed by atoms with Gasteiger partial charge in [0.2, 0.25) is 15.9 Å². The molecule has 160 valence electrons. The fourth-order valence-corrected chi connectivity index (χ4v) is 5.22. The van der Waals surface area contributed by atoms with Gasteiger partial charge >= 0.3 is 0 Å². The van der Waals surface area contributed by atoms with Crippen LogP contribution in [0, 0.1) is 26.7 Å². The number of aromatic nitrogens is 4. The van der Waals surface area contributed by atoms with Crippen LogP contribution in [0.4, 0.5) is 0 Å². The second kappa shape index (κ2) is 8.27. The number of amides is 1. The number of hydrogen-bond acceptors (Lipinski definition) is 5. The molecule has 1 saturated heterocycles. The Morgan fingerprint density at radius 1 is 1.34 bits per heavy atom. The largest absolute Gasteiger partial charge is 0.354 e. The Balaban J connectivity index is 1.61. The van der Waals surface area contributed by atoms with Gasteiger partial charge in [-0.1, -0.05) is 0 Å². The Morgan fingerprint density at radius 3 is 2.66 bits per heavy atom. The highest BCUT2D eigenvalue weighted by molar-refractivity contribution is 7.89. The van der Waals surface area contributed by atoms with Gasteiger partial charge in [0.15, 0.2) is 0 Å². The molecule has 29 heavy (non-hydrogen) atoms. The Bertz CT molecular complexity index is 994. The lowest BCUT2D eigenvalue weighted by Gasteiger charge is -2.31. The number of sulfonamides is 1. The average molecular weight is 423 g/mol. The minimum atomic E-state index is -3.63. The van der Waals surface area contributed by atoms with Crippen molar-refractivity contribution in [2.24, 2.45) is 13.0 Å². The Morgan fingerprint density at radius 2 is 2.07 bits per heavy atom. The normalized spacial score (nSPS) is 19.3. The van der Waals surface area contributed by atoms with E-state index in [1.54, 1.807) is 7.05 Å². The van der Waals surface area contributed by atoms with Crippen molar-refractivity contribution in [1.29, 1.82) is 0 Å². The lowest BCUT2D eigenvalue weighted by atomic mass is 9.99. The third kappa shape index (κ3) is 4.37. The minimum Gasteiger partial charge on any atom is -0.354 e. The maximum Gasteiger partial charge on any atom is 0.246 e. The summed E-state index contributed by atoms with van der Waals surface area (Å²) in [7, 11) is -1.96. The van der Waals surface area contributed by atoms with Crippen LogP contribution in [0.15, 0.2) is 17.3 Å². The molecule has 10 heteroatoms. The minimum absolute atomic E-state index is 0.0187. The molecule has 3 heterocycles. The first-order chi connectivity index (χ1) is 13.6. The highest BCUT2D eigenvalue weighted by atomic mass is 32.2. The van der Waals surface area contributed by atoms with E-state index < -0.39 is 10.0 Å². The predicted molar refractivity (Wildman–Crippen MR) is 109 cm³/mol. The van der Waals surface area contributed by atoms with E-state index in [9.17, 15) is 13.2 Å². The Kier molecular flexibility index (Phi) is 6.13. The van der Waals surface area contributed by atoms with E-state index in [0.29, 0.717) is 25.9 Å². The maximum absolute atomic E-state index is 12.8. The fourth-order valence-electron chi connectivity index (χ4n) is 3.71. The van der Waals surface area contributed by atoms with E-state index in [4.69, 9.17) is 0 Å². The van der Waals surface area contributed by atoms with E-state index in [-0.39, 0.29) is 29.3 Å². The molecule has 0 radical (unpaired) electrons. The molecule has 2 aromatic heterocycles. The topological polar surface area (TPSA) is 102 Å². The molecule has 0 saturated carbocycles. The van der Waals surface area contributed by atoms with Gasteiger partial charge in [-0.3, -0.25) is 14.2 Å². The van der Waals surface area contributed by atoms with Gasteiger partial charge in [-0.15, -0.1) is 0 Å². The van der Waals surface area contributed by atoms with Crippen molar-refractivity contribution >= 4 is 15.9 Å². The second-order valence-corrected chi connectivity index (χ2v) is 9.82. The van der Waals surface area contributed by atoms with E-state index >= 15 is 0 Å².